The molecule has 9 heteroatoms. The molecule has 0 unspecified atom stereocenters. The SMILES string of the molecule is Cc1cn(-c2ccc3n(c2=O)CCN([C@@H](C)COc2ccc(F)cc2[Si](C)(C)C)C3=O)cn1. The van der Waals surface area contributed by atoms with E-state index in [-0.39, 0.29) is 29.9 Å². The van der Waals surface area contributed by atoms with Crippen molar-refractivity contribution in [3.8, 4) is 11.4 Å². The average molecular weight is 469 g/mol. The van der Waals surface area contributed by atoms with E-state index in [1.165, 1.54) is 10.6 Å². The zero-order valence-corrected chi connectivity index (χ0v) is 20.6. The molecule has 0 bridgehead atoms. The van der Waals surface area contributed by atoms with Crippen LogP contribution in [-0.2, 0) is 6.54 Å². The van der Waals surface area contributed by atoms with Crippen molar-refractivity contribution in [2.24, 2.45) is 0 Å². The first-order chi connectivity index (χ1) is 15.6. The molecular formula is C24H29FN4O3Si. The van der Waals surface area contributed by atoms with Gasteiger partial charge in [-0.3, -0.25) is 9.59 Å². The van der Waals surface area contributed by atoms with Gasteiger partial charge < -0.3 is 18.8 Å². The molecule has 0 fully saturated rings. The zero-order chi connectivity index (χ0) is 23.9. The maximum Gasteiger partial charge on any atom is 0.275 e. The molecule has 0 radical (unpaired) electrons. The summed E-state index contributed by atoms with van der Waals surface area (Å²) in [6.07, 6.45) is 3.38. The Morgan fingerprint density at radius 2 is 1.91 bits per heavy atom. The zero-order valence-electron chi connectivity index (χ0n) is 19.6. The van der Waals surface area contributed by atoms with Crippen LogP contribution in [0.2, 0.25) is 19.6 Å². The van der Waals surface area contributed by atoms with Crippen LogP contribution in [0, 0.1) is 12.7 Å². The van der Waals surface area contributed by atoms with E-state index in [4.69, 9.17) is 4.74 Å². The first-order valence-electron chi connectivity index (χ1n) is 11.0. The average Bonchev–Trinajstić information content (AvgIpc) is 3.18. The van der Waals surface area contributed by atoms with Gasteiger partial charge >= 0.3 is 0 Å². The number of hydrogen-bond acceptors (Lipinski definition) is 4. The number of nitrogens with zero attached hydrogens (tertiary/aromatic N) is 4. The summed E-state index contributed by atoms with van der Waals surface area (Å²) in [4.78, 5) is 32.1. The Hall–Kier alpha value is -3.20. The Bertz CT molecular complexity index is 1260. The monoisotopic (exact) mass is 468 g/mol. The molecule has 1 amide bonds. The molecule has 0 saturated carbocycles. The maximum absolute atomic E-state index is 13.8. The van der Waals surface area contributed by atoms with Crippen molar-refractivity contribution in [2.75, 3.05) is 13.2 Å². The quantitative estimate of drug-likeness (QED) is 0.522. The predicted molar refractivity (Wildman–Crippen MR) is 128 cm³/mol. The molecule has 0 spiro atoms. The number of imidazole rings is 1. The number of pyridine rings is 1. The number of aryl methyl sites for hydroxylation is 1. The highest BCUT2D eigenvalue weighted by molar-refractivity contribution is 6.89. The number of carbonyl (C=O) groups is 1. The minimum atomic E-state index is -1.81. The molecule has 0 N–H and O–H groups in total. The molecular weight excluding hydrogens is 439 g/mol. The Morgan fingerprint density at radius 3 is 2.58 bits per heavy atom. The van der Waals surface area contributed by atoms with Gasteiger partial charge in [0.05, 0.1) is 26.1 Å². The van der Waals surface area contributed by atoms with E-state index in [2.05, 4.69) is 24.6 Å². The lowest BCUT2D eigenvalue weighted by molar-refractivity contribution is 0.0570. The number of benzene rings is 1. The van der Waals surface area contributed by atoms with E-state index < -0.39 is 8.07 Å². The van der Waals surface area contributed by atoms with E-state index in [9.17, 15) is 14.0 Å². The molecule has 1 aliphatic rings. The van der Waals surface area contributed by atoms with Crippen molar-refractivity contribution in [1.29, 1.82) is 0 Å². The number of carbonyl (C=O) groups excluding carboxylic acids is 1. The second kappa shape index (κ2) is 8.62. The normalized spacial score (nSPS) is 14.8. The van der Waals surface area contributed by atoms with Gasteiger partial charge in [-0.05, 0) is 49.4 Å². The van der Waals surface area contributed by atoms with Gasteiger partial charge in [0.25, 0.3) is 11.5 Å². The van der Waals surface area contributed by atoms with Crippen LogP contribution >= 0.6 is 0 Å². The van der Waals surface area contributed by atoms with Crippen molar-refractivity contribution in [3.63, 3.8) is 0 Å². The van der Waals surface area contributed by atoms with E-state index >= 15 is 0 Å². The molecule has 33 heavy (non-hydrogen) atoms. The van der Waals surface area contributed by atoms with Gasteiger partial charge in [0.15, 0.2) is 0 Å². The third-order valence-electron chi connectivity index (χ3n) is 5.95. The summed E-state index contributed by atoms with van der Waals surface area (Å²) in [5.74, 6) is 0.197. The number of aromatic nitrogens is 3. The summed E-state index contributed by atoms with van der Waals surface area (Å²) in [5.41, 5.74) is 1.43. The molecule has 1 aromatic carbocycles. The number of halogens is 1. The molecule has 3 heterocycles. The third-order valence-corrected chi connectivity index (χ3v) is 7.96. The Kier molecular flexibility index (Phi) is 6.00. The second-order valence-electron chi connectivity index (χ2n) is 9.53. The number of fused-ring (bicyclic) bond motifs is 1. The highest BCUT2D eigenvalue weighted by Gasteiger charge is 2.30. The minimum Gasteiger partial charge on any atom is -0.492 e. The standard InChI is InChI=1S/C24H29FN4O3Si/c1-16-13-27(15-26-16)19-7-8-20-24(31)28(10-11-29(20)23(19)30)17(2)14-32-21-9-6-18(25)12-22(21)33(3,4)5/h6-9,12-13,15,17H,10-11,14H2,1-5H3/t17-/m0/s1. The summed E-state index contributed by atoms with van der Waals surface area (Å²) >= 11 is 0. The van der Waals surface area contributed by atoms with Gasteiger partial charge in [-0.1, -0.05) is 19.6 Å². The fourth-order valence-electron chi connectivity index (χ4n) is 4.12. The second-order valence-corrected chi connectivity index (χ2v) is 14.6. The molecule has 0 saturated heterocycles. The van der Waals surface area contributed by atoms with Crippen molar-refractivity contribution in [2.45, 2.75) is 46.1 Å². The van der Waals surface area contributed by atoms with Crippen LogP contribution in [0.3, 0.4) is 0 Å². The van der Waals surface area contributed by atoms with Crippen LogP contribution in [0.25, 0.3) is 5.69 Å². The molecule has 3 aromatic rings. The molecule has 1 aliphatic heterocycles. The number of rotatable bonds is 6. The summed E-state index contributed by atoms with van der Waals surface area (Å²) in [6.45, 7) is 11.3. The third kappa shape index (κ3) is 4.50. The van der Waals surface area contributed by atoms with E-state index in [0.29, 0.717) is 30.2 Å². The smallest absolute Gasteiger partial charge is 0.275 e. The number of ether oxygens (including phenoxy) is 1. The van der Waals surface area contributed by atoms with Gasteiger partial charge in [0.2, 0.25) is 0 Å². The summed E-state index contributed by atoms with van der Waals surface area (Å²) in [6, 6.07) is 7.77. The van der Waals surface area contributed by atoms with Crippen molar-refractivity contribution in [3.05, 3.63) is 70.4 Å². The highest BCUT2D eigenvalue weighted by atomic mass is 28.3. The summed E-state index contributed by atoms with van der Waals surface area (Å²) < 4.78 is 23.1. The number of amides is 1. The van der Waals surface area contributed by atoms with Crippen LogP contribution in [-0.4, -0.2) is 52.2 Å². The molecule has 2 aromatic heterocycles. The lowest BCUT2D eigenvalue weighted by Crippen LogP contribution is -2.50. The predicted octanol–water partition coefficient (Wildman–Crippen LogP) is 2.95. The molecule has 0 aliphatic carbocycles. The largest absolute Gasteiger partial charge is 0.492 e. The van der Waals surface area contributed by atoms with Crippen LogP contribution in [0.4, 0.5) is 4.39 Å². The Balaban J connectivity index is 1.52. The molecule has 7 nitrogen and oxygen atoms in total. The fraction of sp³-hybridized carbons (Fsp3) is 0.375. The van der Waals surface area contributed by atoms with Crippen molar-refractivity contribution >= 4 is 19.2 Å². The Morgan fingerprint density at radius 1 is 1.15 bits per heavy atom. The van der Waals surface area contributed by atoms with Crippen molar-refractivity contribution < 1.29 is 13.9 Å². The van der Waals surface area contributed by atoms with Gasteiger partial charge in [0.1, 0.15) is 29.6 Å². The van der Waals surface area contributed by atoms with E-state index in [0.717, 1.165) is 10.9 Å². The van der Waals surface area contributed by atoms with Crippen LogP contribution < -0.4 is 15.5 Å². The van der Waals surface area contributed by atoms with Gasteiger partial charge in [0, 0.05) is 19.3 Å². The first-order valence-corrected chi connectivity index (χ1v) is 14.5. The topological polar surface area (TPSA) is 69.4 Å². The maximum atomic E-state index is 13.8. The van der Waals surface area contributed by atoms with Gasteiger partial charge in [-0.25, -0.2) is 9.37 Å². The Labute approximate surface area is 193 Å². The summed E-state index contributed by atoms with van der Waals surface area (Å²) in [5, 5.41) is 0.916. The highest BCUT2D eigenvalue weighted by Crippen LogP contribution is 2.19. The lowest BCUT2D eigenvalue weighted by atomic mass is 10.2. The van der Waals surface area contributed by atoms with Crippen LogP contribution in [0.1, 0.15) is 23.1 Å². The molecule has 4 rings (SSSR count). The van der Waals surface area contributed by atoms with Crippen LogP contribution in [0.15, 0.2) is 47.7 Å². The fourth-order valence-corrected chi connectivity index (χ4v) is 5.58. The van der Waals surface area contributed by atoms with Crippen molar-refractivity contribution in [1.82, 2.24) is 19.0 Å². The number of hydrogen-bond donors (Lipinski definition) is 0. The van der Waals surface area contributed by atoms with Gasteiger partial charge in [-0.2, -0.15) is 0 Å². The summed E-state index contributed by atoms with van der Waals surface area (Å²) in [7, 11) is -1.81. The lowest BCUT2D eigenvalue weighted by Gasteiger charge is -2.34. The van der Waals surface area contributed by atoms with Gasteiger partial charge in [-0.15, -0.1) is 0 Å². The molecule has 1 atom stereocenters. The van der Waals surface area contributed by atoms with E-state index in [1.54, 1.807) is 46.3 Å². The minimum absolute atomic E-state index is 0.202. The van der Waals surface area contributed by atoms with Crippen LogP contribution in [0.5, 0.6) is 5.75 Å². The first kappa shape index (κ1) is 23.0. The van der Waals surface area contributed by atoms with E-state index in [1.807, 2.05) is 13.8 Å². The molecule has 174 valence electrons.